The number of morpholine rings is 1. The standard InChI is InChI=1S/C18H22N6O/c1-13-11-14(2)24(20-13)16-6-4-5-15(12-16)17-19-18(22(3)21-17)23-7-9-25-10-8-23/h4-6,11-12H,7-10H2,1-3H3. The quantitative estimate of drug-likeness (QED) is 0.732. The van der Waals surface area contributed by atoms with Gasteiger partial charge >= 0.3 is 0 Å². The summed E-state index contributed by atoms with van der Waals surface area (Å²) in [6.07, 6.45) is 0. The highest BCUT2D eigenvalue weighted by Gasteiger charge is 2.18. The van der Waals surface area contributed by atoms with Crippen LogP contribution in [0.3, 0.4) is 0 Å². The first-order chi connectivity index (χ1) is 12.1. The second kappa shape index (κ2) is 6.33. The topological polar surface area (TPSA) is 61.0 Å². The lowest BCUT2D eigenvalue weighted by atomic mass is 10.2. The monoisotopic (exact) mass is 338 g/mol. The van der Waals surface area contributed by atoms with Gasteiger partial charge in [0.25, 0.3) is 0 Å². The molecule has 1 saturated heterocycles. The van der Waals surface area contributed by atoms with Crippen molar-refractivity contribution in [2.45, 2.75) is 13.8 Å². The minimum Gasteiger partial charge on any atom is -0.378 e. The molecule has 0 radical (unpaired) electrons. The van der Waals surface area contributed by atoms with Crippen LogP contribution in [0.25, 0.3) is 17.1 Å². The zero-order valence-corrected chi connectivity index (χ0v) is 14.8. The molecule has 3 aromatic rings. The van der Waals surface area contributed by atoms with E-state index in [2.05, 4.69) is 40.2 Å². The highest BCUT2D eigenvalue weighted by atomic mass is 16.5. The Morgan fingerprint density at radius 1 is 1.04 bits per heavy atom. The maximum atomic E-state index is 5.42. The third-order valence-electron chi connectivity index (χ3n) is 4.39. The van der Waals surface area contributed by atoms with E-state index in [1.807, 2.05) is 35.5 Å². The molecule has 1 fully saturated rings. The van der Waals surface area contributed by atoms with E-state index in [4.69, 9.17) is 9.72 Å². The van der Waals surface area contributed by atoms with Gasteiger partial charge in [-0.15, -0.1) is 5.10 Å². The van der Waals surface area contributed by atoms with E-state index in [0.717, 1.165) is 60.7 Å². The van der Waals surface area contributed by atoms with Crippen LogP contribution in [-0.4, -0.2) is 50.8 Å². The Morgan fingerprint density at radius 3 is 2.56 bits per heavy atom. The molecule has 1 aliphatic heterocycles. The number of aromatic nitrogens is 5. The summed E-state index contributed by atoms with van der Waals surface area (Å²) in [5.74, 6) is 1.61. The summed E-state index contributed by atoms with van der Waals surface area (Å²) in [4.78, 5) is 6.97. The maximum absolute atomic E-state index is 5.42. The van der Waals surface area contributed by atoms with Crippen LogP contribution in [0.4, 0.5) is 5.95 Å². The summed E-state index contributed by atoms with van der Waals surface area (Å²) < 4.78 is 9.21. The van der Waals surface area contributed by atoms with Crippen LogP contribution >= 0.6 is 0 Å². The van der Waals surface area contributed by atoms with Crippen LogP contribution in [0.5, 0.6) is 0 Å². The van der Waals surface area contributed by atoms with Gasteiger partial charge in [0.2, 0.25) is 5.95 Å². The van der Waals surface area contributed by atoms with E-state index in [9.17, 15) is 0 Å². The summed E-state index contributed by atoms with van der Waals surface area (Å²) >= 11 is 0. The van der Waals surface area contributed by atoms with Crippen molar-refractivity contribution in [3.05, 3.63) is 41.7 Å². The summed E-state index contributed by atoms with van der Waals surface area (Å²) in [6, 6.07) is 10.3. The van der Waals surface area contributed by atoms with Gasteiger partial charge in [-0.25, -0.2) is 9.36 Å². The second-order valence-electron chi connectivity index (χ2n) is 6.35. The molecular weight excluding hydrogens is 316 g/mol. The number of anilines is 1. The van der Waals surface area contributed by atoms with E-state index in [0.29, 0.717) is 0 Å². The molecule has 4 rings (SSSR count). The van der Waals surface area contributed by atoms with Gasteiger partial charge in [-0.05, 0) is 32.0 Å². The normalized spacial score (nSPS) is 14.9. The molecular formula is C18H22N6O. The SMILES string of the molecule is Cc1cc(C)n(-c2cccc(-c3nc(N4CCOCC4)n(C)n3)c2)n1. The zero-order chi connectivity index (χ0) is 17.4. The lowest BCUT2D eigenvalue weighted by Gasteiger charge is -2.26. The van der Waals surface area contributed by atoms with E-state index < -0.39 is 0 Å². The predicted octanol–water partition coefficient (Wildman–Crippen LogP) is 2.12. The van der Waals surface area contributed by atoms with E-state index in [1.54, 1.807) is 0 Å². The second-order valence-corrected chi connectivity index (χ2v) is 6.35. The van der Waals surface area contributed by atoms with E-state index in [-0.39, 0.29) is 0 Å². The maximum Gasteiger partial charge on any atom is 0.224 e. The fraction of sp³-hybridized carbons (Fsp3) is 0.389. The van der Waals surface area contributed by atoms with Crippen molar-refractivity contribution in [2.75, 3.05) is 31.2 Å². The molecule has 3 heterocycles. The van der Waals surface area contributed by atoms with Crippen LogP contribution in [-0.2, 0) is 11.8 Å². The number of hydrogen-bond donors (Lipinski definition) is 0. The van der Waals surface area contributed by atoms with Gasteiger partial charge in [-0.2, -0.15) is 10.1 Å². The van der Waals surface area contributed by atoms with Crippen molar-refractivity contribution >= 4 is 5.95 Å². The molecule has 0 amide bonds. The summed E-state index contributed by atoms with van der Waals surface area (Å²) in [6.45, 7) is 7.21. The van der Waals surface area contributed by atoms with Gasteiger partial charge in [0.05, 0.1) is 24.6 Å². The van der Waals surface area contributed by atoms with Gasteiger partial charge in [-0.1, -0.05) is 12.1 Å². The number of ether oxygens (including phenoxy) is 1. The third-order valence-corrected chi connectivity index (χ3v) is 4.39. The number of rotatable bonds is 3. The molecule has 0 atom stereocenters. The van der Waals surface area contributed by atoms with Crippen molar-refractivity contribution in [3.8, 4) is 17.1 Å². The van der Waals surface area contributed by atoms with Crippen molar-refractivity contribution in [3.63, 3.8) is 0 Å². The van der Waals surface area contributed by atoms with Crippen LogP contribution < -0.4 is 4.90 Å². The molecule has 0 aliphatic carbocycles. The van der Waals surface area contributed by atoms with Gasteiger partial charge in [0.15, 0.2) is 5.82 Å². The molecule has 0 spiro atoms. The zero-order valence-electron chi connectivity index (χ0n) is 14.8. The fourth-order valence-corrected chi connectivity index (χ4v) is 3.20. The first kappa shape index (κ1) is 15.8. The first-order valence-corrected chi connectivity index (χ1v) is 8.49. The average Bonchev–Trinajstić information content (AvgIpc) is 3.18. The molecule has 0 saturated carbocycles. The van der Waals surface area contributed by atoms with Crippen molar-refractivity contribution in [2.24, 2.45) is 7.05 Å². The number of aryl methyl sites for hydroxylation is 3. The first-order valence-electron chi connectivity index (χ1n) is 8.49. The van der Waals surface area contributed by atoms with Gasteiger partial charge < -0.3 is 9.64 Å². The van der Waals surface area contributed by atoms with Crippen molar-refractivity contribution in [1.82, 2.24) is 24.5 Å². The molecule has 25 heavy (non-hydrogen) atoms. The lowest BCUT2D eigenvalue weighted by Crippen LogP contribution is -2.37. The van der Waals surface area contributed by atoms with E-state index >= 15 is 0 Å². The van der Waals surface area contributed by atoms with Gasteiger partial charge in [-0.3, -0.25) is 0 Å². The number of benzene rings is 1. The van der Waals surface area contributed by atoms with E-state index in [1.165, 1.54) is 0 Å². The van der Waals surface area contributed by atoms with Gasteiger partial charge in [0.1, 0.15) is 0 Å². The van der Waals surface area contributed by atoms with Crippen LogP contribution in [0.15, 0.2) is 30.3 Å². The Hall–Kier alpha value is -2.67. The largest absolute Gasteiger partial charge is 0.378 e. The smallest absolute Gasteiger partial charge is 0.224 e. The lowest BCUT2D eigenvalue weighted by molar-refractivity contribution is 0.121. The van der Waals surface area contributed by atoms with Gasteiger partial charge in [0, 0.05) is 31.4 Å². The Balaban J connectivity index is 1.68. The molecule has 7 heteroatoms. The Kier molecular flexibility index (Phi) is 4.01. The molecule has 1 aliphatic rings. The molecule has 1 aromatic carbocycles. The molecule has 7 nitrogen and oxygen atoms in total. The summed E-state index contributed by atoms with van der Waals surface area (Å²) in [5, 5.41) is 9.17. The number of hydrogen-bond acceptors (Lipinski definition) is 5. The van der Waals surface area contributed by atoms with Crippen molar-refractivity contribution in [1.29, 1.82) is 0 Å². The minimum atomic E-state index is 0.729. The Labute approximate surface area is 146 Å². The molecule has 0 unspecified atom stereocenters. The Bertz CT molecular complexity index is 891. The minimum absolute atomic E-state index is 0.729. The summed E-state index contributed by atoms with van der Waals surface area (Å²) in [7, 11) is 1.94. The highest BCUT2D eigenvalue weighted by molar-refractivity contribution is 5.60. The average molecular weight is 338 g/mol. The molecule has 130 valence electrons. The number of nitrogens with zero attached hydrogens (tertiary/aromatic N) is 6. The highest BCUT2D eigenvalue weighted by Crippen LogP contribution is 2.23. The van der Waals surface area contributed by atoms with Crippen LogP contribution in [0.2, 0.25) is 0 Å². The molecule has 0 bridgehead atoms. The third kappa shape index (κ3) is 3.02. The summed E-state index contributed by atoms with van der Waals surface area (Å²) in [5.41, 5.74) is 4.12. The predicted molar refractivity (Wildman–Crippen MR) is 96.1 cm³/mol. The van der Waals surface area contributed by atoms with Crippen molar-refractivity contribution < 1.29 is 4.74 Å². The molecule has 0 N–H and O–H groups in total. The van der Waals surface area contributed by atoms with Crippen LogP contribution in [0.1, 0.15) is 11.4 Å². The fourth-order valence-electron chi connectivity index (χ4n) is 3.20. The molecule has 2 aromatic heterocycles. The van der Waals surface area contributed by atoms with Crippen LogP contribution in [0, 0.1) is 13.8 Å². The Morgan fingerprint density at radius 2 is 1.84 bits per heavy atom.